The number of ketones is 1. The van der Waals surface area contributed by atoms with Gasteiger partial charge in [0.15, 0.2) is 5.78 Å². The number of benzene rings is 1. The number of hydrogen-bond acceptors (Lipinski definition) is 3. The molecule has 0 bridgehead atoms. The maximum atomic E-state index is 14.3. The molecule has 0 saturated carbocycles. The zero-order valence-corrected chi connectivity index (χ0v) is 14.2. The van der Waals surface area contributed by atoms with E-state index in [0.717, 1.165) is 32.4 Å². The fourth-order valence-electron chi connectivity index (χ4n) is 3.25. The van der Waals surface area contributed by atoms with Crippen LogP contribution in [-0.4, -0.2) is 17.2 Å². The van der Waals surface area contributed by atoms with E-state index in [0.29, 0.717) is 12.0 Å². The maximum Gasteiger partial charge on any atom is 0.154 e. The number of fused-ring (bicyclic) bond motifs is 1. The number of carbonyl (C=O) groups excluding carboxylic acids is 1. The first kappa shape index (κ1) is 16.3. The van der Waals surface area contributed by atoms with Gasteiger partial charge in [0, 0.05) is 30.0 Å². The first-order valence-corrected chi connectivity index (χ1v) is 9.15. The zero-order chi connectivity index (χ0) is 16.2. The molecule has 0 spiro atoms. The van der Waals surface area contributed by atoms with Crippen molar-refractivity contribution in [1.82, 2.24) is 4.90 Å². The summed E-state index contributed by atoms with van der Waals surface area (Å²) in [5.74, 6) is -0.144. The van der Waals surface area contributed by atoms with E-state index in [1.807, 2.05) is 6.07 Å². The molecule has 1 aromatic heterocycles. The van der Waals surface area contributed by atoms with Crippen molar-refractivity contribution in [2.24, 2.45) is 0 Å². The predicted molar refractivity (Wildman–Crippen MR) is 92.1 cm³/mol. The van der Waals surface area contributed by atoms with E-state index in [4.69, 9.17) is 0 Å². The largest absolute Gasteiger partial charge is 0.298 e. The van der Waals surface area contributed by atoms with Gasteiger partial charge >= 0.3 is 0 Å². The zero-order valence-electron chi connectivity index (χ0n) is 13.4. The lowest BCUT2D eigenvalue weighted by Gasteiger charge is -2.34. The van der Waals surface area contributed by atoms with E-state index in [1.165, 1.54) is 16.5 Å². The molecule has 2 nitrogen and oxygen atoms in total. The van der Waals surface area contributed by atoms with Crippen LogP contribution < -0.4 is 0 Å². The predicted octanol–water partition coefficient (Wildman–Crippen LogP) is 4.75. The van der Waals surface area contributed by atoms with Crippen LogP contribution in [0.4, 0.5) is 4.39 Å². The molecule has 23 heavy (non-hydrogen) atoms. The van der Waals surface area contributed by atoms with Gasteiger partial charge in [0.2, 0.25) is 0 Å². The summed E-state index contributed by atoms with van der Waals surface area (Å²) in [5.41, 5.74) is 1.80. The summed E-state index contributed by atoms with van der Waals surface area (Å²) in [7, 11) is 0. The van der Waals surface area contributed by atoms with Gasteiger partial charge < -0.3 is 0 Å². The van der Waals surface area contributed by atoms with Crippen LogP contribution in [0.1, 0.15) is 48.2 Å². The van der Waals surface area contributed by atoms with Gasteiger partial charge in [0.1, 0.15) is 5.82 Å². The molecule has 1 aromatic carbocycles. The summed E-state index contributed by atoms with van der Waals surface area (Å²) in [6, 6.07) is 8.37. The molecule has 0 aliphatic carbocycles. The minimum absolute atomic E-state index is 0.135. The van der Waals surface area contributed by atoms with Crippen molar-refractivity contribution in [2.45, 2.75) is 45.2 Å². The van der Waals surface area contributed by atoms with E-state index in [-0.39, 0.29) is 11.6 Å². The number of thiophene rings is 1. The quantitative estimate of drug-likeness (QED) is 0.761. The number of carbonyl (C=O) groups is 1. The summed E-state index contributed by atoms with van der Waals surface area (Å²) in [4.78, 5) is 16.3. The molecule has 2 aromatic rings. The Morgan fingerprint density at radius 2 is 2.17 bits per heavy atom. The number of unbranched alkanes of at least 4 members (excludes halogenated alkanes) is 1. The Hall–Kier alpha value is -1.52. The molecule has 1 unspecified atom stereocenters. The van der Waals surface area contributed by atoms with Crippen LogP contribution >= 0.6 is 11.3 Å². The lowest BCUT2D eigenvalue weighted by molar-refractivity contribution is -0.125. The van der Waals surface area contributed by atoms with Crippen LogP contribution in [0.3, 0.4) is 0 Å². The first-order chi connectivity index (χ1) is 11.2. The van der Waals surface area contributed by atoms with Crippen molar-refractivity contribution in [3.8, 4) is 0 Å². The van der Waals surface area contributed by atoms with Crippen LogP contribution in [0.15, 0.2) is 35.7 Å². The maximum absolute atomic E-state index is 14.3. The smallest absolute Gasteiger partial charge is 0.154 e. The van der Waals surface area contributed by atoms with Gasteiger partial charge in [-0.1, -0.05) is 31.5 Å². The molecule has 4 heteroatoms. The van der Waals surface area contributed by atoms with Crippen molar-refractivity contribution in [3.05, 3.63) is 57.5 Å². The average molecular weight is 331 g/mol. The highest BCUT2D eigenvalue weighted by atomic mass is 32.1. The van der Waals surface area contributed by atoms with Crippen LogP contribution in [0.25, 0.3) is 0 Å². The second kappa shape index (κ2) is 7.37. The molecule has 122 valence electrons. The molecular formula is C19H22FNOS. The Kier molecular flexibility index (Phi) is 5.23. The Morgan fingerprint density at radius 3 is 2.96 bits per heavy atom. The third kappa shape index (κ3) is 3.54. The van der Waals surface area contributed by atoms with Gasteiger partial charge in [-0.15, -0.1) is 11.3 Å². The standard InChI is InChI=1S/C19H22FNOS/c1-2-3-8-17(22)19(15-6-4-5-7-16(15)20)21-11-9-18-14(13-21)10-12-23-18/h4-7,10,12,19H,2-3,8-9,11,13H2,1H3. The number of rotatable bonds is 6. The summed E-state index contributed by atoms with van der Waals surface area (Å²) >= 11 is 1.77. The van der Waals surface area contributed by atoms with Crippen molar-refractivity contribution in [3.63, 3.8) is 0 Å². The highest BCUT2D eigenvalue weighted by Crippen LogP contribution is 2.32. The molecular weight excluding hydrogens is 309 g/mol. The molecule has 3 rings (SSSR count). The molecule has 2 heterocycles. The first-order valence-electron chi connectivity index (χ1n) is 8.27. The minimum Gasteiger partial charge on any atom is -0.298 e. The van der Waals surface area contributed by atoms with Gasteiger partial charge in [-0.05, 0) is 35.9 Å². The highest BCUT2D eigenvalue weighted by Gasteiger charge is 2.31. The molecule has 1 aliphatic rings. The van der Waals surface area contributed by atoms with Gasteiger partial charge in [-0.2, -0.15) is 0 Å². The van der Waals surface area contributed by atoms with Crippen molar-refractivity contribution < 1.29 is 9.18 Å². The van der Waals surface area contributed by atoms with E-state index >= 15 is 0 Å². The topological polar surface area (TPSA) is 20.3 Å². The fraction of sp³-hybridized carbons (Fsp3) is 0.421. The third-order valence-electron chi connectivity index (χ3n) is 4.48. The molecule has 0 saturated heterocycles. The second-order valence-corrected chi connectivity index (χ2v) is 7.08. The summed E-state index contributed by atoms with van der Waals surface area (Å²) in [6.45, 7) is 3.62. The Labute approximate surface area is 140 Å². The summed E-state index contributed by atoms with van der Waals surface area (Å²) in [6.07, 6.45) is 3.30. The van der Waals surface area contributed by atoms with Crippen LogP contribution in [0.5, 0.6) is 0 Å². The SMILES string of the molecule is CCCCC(=O)C(c1ccccc1F)N1CCc2sccc2C1. The Morgan fingerprint density at radius 1 is 1.35 bits per heavy atom. The molecule has 1 atom stereocenters. The minimum atomic E-state index is -0.462. The second-order valence-electron chi connectivity index (χ2n) is 6.08. The lowest BCUT2D eigenvalue weighted by Crippen LogP contribution is -2.38. The number of halogens is 1. The van der Waals surface area contributed by atoms with Crippen LogP contribution in [0, 0.1) is 5.82 Å². The molecule has 0 N–H and O–H groups in total. The van der Waals surface area contributed by atoms with Crippen LogP contribution in [0.2, 0.25) is 0 Å². The average Bonchev–Trinajstić information content (AvgIpc) is 3.02. The molecule has 1 aliphatic heterocycles. The van der Waals surface area contributed by atoms with Crippen molar-refractivity contribution >= 4 is 17.1 Å². The highest BCUT2D eigenvalue weighted by molar-refractivity contribution is 7.10. The van der Waals surface area contributed by atoms with Crippen LogP contribution in [-0.2, 0) is 17.8 Å². The van der Waals surface area contributed by atoms with Gasteiger partial charge in [0.05, 0.1) is 6.04 Å². The van der Waals surface area contributed by atoms with Gasteiger partial charge in [-0.25, -0.2) is 4.39 Å². The van der Waals surface area contributed by atoms with Gasteiger partial charge in [0.25, 0.3) is 0 Å². The third-order valence-corrected chi connectivity index (χ3v) is 5.51. The lowest BCUT2D eigenvalue weighted by atomic mass is 9.95. The summed E-state index contributed by atoms with van der Waals surface area (Å²) < 4.78 is 14.3. The van der Waals surface area contributed by atoms with E-state index in [2.05, 4.69) is 23.3 Å². The number of Topliss-reactive ketones (excluding diaryl/α,β-unsaturated/α-hetero) is 1. The number of hydrogen-bond donors (Lipinski definition) is 0. The fourth-order valence-corrected chi connectivity index (χ4v) is 4.14. The number of nitrogens with zero attached hydrogens (tertiary/aromatic N) is 1. The van der Waals surface area contributed by atoms with E-state index in [1.54, 1.807) is 23.5 Å². The van der Waals surface area contributed by atoms with E-state index in [9.17, 15) is 9.18 Å². The monoisotopic (exact) mass is 331 g/mol. The van der Waals surface area contributed by atoms with E-state index < -0.39 is 6.04 Å². The normalized spacial score (nSPS) is 16.1. The van der Waals surface area contributed by atoms with Gasteiger partial charge in [-0.3, -0.25) is 9.69 Å². The Bertz CT molecular complexity index is 682. The Balaban J connectivity index is 1.89. The molecule has 0 fully saturated rings. The molecule has 0 radical (unpaired) electrons. The van der Waals surface area contributed by atoms with Crippen molar-refractivity contribution in [2.75, 3.05) is 6.54 Å². The van der Waals surface area contributed by atoms with Crippen molar-refractivity contribution in [1.29, 1.82) is 0 Å². The molecule has 0 amide bonds. The summed E-state index contributed by atoms with van der Waals surface area (Å²) in [5, 5.41) is 2.10.